The van der Waals surface area contributed by atoms with Crippen LogP contribution >= 0.6 is 11.8 Å². The van der Waals surface area contributed by atoms with E-state index in [9.17, 15) is 18.8 Å². The number of amides is 2. The highest BCUT2D eigenvalue weighted by Crippen LogP contribution is 2.29. The van der Waals surface area contributed by atoms with E-state index in [-0.39, 0.29) is 17.2 Å². The molecular weight excluding hydrogens is 475 g/mol. The van der Waals surface area contributed by atoms with Crippen molar-refractivity contribution in [3.05, 3.63) is 78.1 Å². The SMILES string of the molecule is COc1ccc(OC)c(NC(=O)COC(=O)c2ccccc2SCC(=O)Nc2ccc(F)cc2)c1. The van der Waals surface area contributed by atoms with Gasteiger partial charge < -0.3 is 24.8 Å². The molecule has 0 heterocycles. The standard InChI is InChI=1S/C25H23FN2O6S/c1-32-18-11-12-21(33-2)20(13-18)28-23(29)14-34-25(31)19-5-3-4-6-22(19)35-15-24(30)27-17-9-7-16(26)8-10-17/h3-13H,14-15H2,1-2H3,(H,27,30)(H,28,29). The van der Waals surface area contributed by atoms with Crippen molar-refractivity contribution < 1.29 is 33.0 Å². The predicted molar refractivity (Wildman–Crippen MR) is 131 cm³/mol. The molecule has 35 heavy (non-hydrogen) atoms. The Labute approximate surface area is 205 Å². The average molecular weight is 499 g/mol. The van der Waals surface area contributed by atoms with Crippen LogP contribution in [0.2, 0.25) is 0 Å². The first-order chi connectivity index (χ1) is 16.9. The summed E-state index contributed by atoms with van der Waals surface area (Å²) in [5, 5.41) is 5.28. The van der Waals surface area contributed by atoms with Crippen LogP contribution in [0, 0.1) is 5.82 Å². The molecule has 0 unspecified atom stereocenters. The van der Waals surface area contributed by atoms with Crippen LogP contribution in [0.1, 0.15) is 10.4 Å². The normalized spacial score (nSPS) is 10.3. The maximum absolute atomic E-state index is 13.0. The summed E-state index contributed by atoms with van der Waals surface area (Å²) in [6, 6.07) is 16.9. The summed E-state index contributed by atoms with van der Waals surface area (Å²) in [6.45, 7) is -0.525. The molecule has 0 aliphatic rings. The zero-order valence-electron chi connectivity index (χ0n) is 19.0. The van der Waals surface area contributed by atoms with Gasteiger partial charge in [-0.05, 0) is 48.5 Å². The van der Waals surface area contributed by atoms with Crippen molar-refractivity contribution in [2.45, 2.75) is 4.90 Å². The third-order valence-electron chi connectivity index (χ3n) is 4.61. The molecule has 0 radical (unpaired) electrons. The van der Waals surface area contributed by atoms with Crippen LogP contribution < -0.4 is 20.1 Å². The molecular formula is C25H23FN2O6S. The highest BCUT2D eigenvalue weighted by atomic mass is 32.2. The van der Waals surface area contributed by atoms with Gasteiger partial charge in [0.05, 0.1) is 31.2 Å². The molecule has 0 bridgehead atoms. The van der Waals surface area contributed by atoms with Crippen molar-refractivity contribution >= 4 is 40.9 Å². The fraction of sp³-hybridized carbons (Fsp3) is 0.160. The number of halogens is 1. The minimum absolute atomic E-state index is 0.0117. The summed E-state index contributed by atoms with van der Waals surface area (Å²) >= 11 is 1.13. The van der Waals surface area contributed by atoms with Crippen molar-refractivity contribution in [1.82, 2.24) is 0 Å². The number of methoxy groups -OCH3 is 2. The number of hydrogen-bond acceptors (Lipinski definition) is 7. The topological polar surface area (TPSA) is 103 Å². The third-order valence-corrected chi connectivity index (χ3v) is 5.68. The highest BCUT2D eigenvalue weighted by Gasteiger charge is 2.17. The Bertz CT molecular complexity index is 1200. The molecule has 0 aromatic heterocycles. The second kappa shape index (κ2) is 12.4. The van der Waals surface area contributed by atoms with Crippen LogP contribution in [0.3, 0.4) is 0 Å². The number of rotatable bonds is 10. The van der Waals surface area contributed by atoms with Crippen LogP contribution in [0.25, 0.3) is 0 Å². The smallest absolute Gasteiger partial charge is 0.339 e. The summed E-state index contributed by atoms with van der Waals surface area (Å²) in [7, 11) is 2.96. The van der Waals surface area contributed by atoms with Gasteiger partial charge in [-0.3, -0.25) is 9.59 Å². The monoisotopic (exact) mass is 498 g/mol. The molecule has 2 amide bonds. The van der Waals surface area contributed by atoms with E-state index in [1.54, 1.807) is 42.5 Å². The maximum Gasteiger partial charge on any atom is 0.339 e. The van der Waals surface area contributed by atoms with Gasteiger partial charge >= 0.3 is 5.97 Å². The van der Waals surface area contributed by atoms with Crippen LogP contribution in [0.5, 0.6) is 11.5 Å². The lowest BCUT2D eigenvalue weighted by atomic mass is 10.2. The lowest BCUT2D eigenvalue weighted by Crippen LogP contribution is -2.21. The first kappa shape index (κ1) is 25.6. The minimum Gasteiger partial charge on any atom is -0.497 e. The Morgan fingerprint density at radius 2 is 1.63 bits per heavy atom. The maximum atomic E-state index is 13.0. The fourth-order valence-corrected chi connectivity index (χ4v) is 3.78. The lowest BCUT2D eigenvalue weighted by Gasteiger charge is -2.12. The molecule has 8 nitrogen and oxygen atoms in total. The summed E-state index contributed by atoms with van der Waals surface area (Å²) in [4.78, 5) is 37.7. The third kappa shape index (κ3) is 7.47. The van der Waals surface area contributed by atoms with Crippen LogP contribution in [0.4, 0.5) is 15.8 Å². The lowest BCUT2D eigenvalue weighted by molar-refractivity contribution is -0.119. The van der Waals surface area contributed by atoms with Gasteiger partial charge in [0.25, 0.3) is 5.91 Å². The molecule has 0 saturated carbocycles. The first-order valence-corrected chi connectivity index (χ1v) is 11.3. The number of ether oxygens (including phenoxy) is 3. The molecule has 10 heteroatoms. The van der Waals surface area contributed by atoms with Crippen molar-refractivity contribution in [3.63, 3.8) is 0 Å². The van der Waals surface area contributed by atoms with Crippen molar-refractivity contribution in [3.8, 4) is 11.5 Å². The van der Waals surface area contributed by atoms with Crippen molar-refractivity contribution in [2.75, 3.05) is 37.2 Å². The van der Waals surface area contributed by atoms with E-state index in [1.165, 1.54) is 38.5 Å². The molecule has 3 aromatic rings. The van der Waals surface area contributed by atoms with E-state index in [1.807, 2.05) is 0 Å². The number of hydrogen-bond donors (Lipinski definition) is 2. The van der Waals surface area contributed by atoms with Gasteiger partial charge in [-0.15, -0.1) is 11.8 Å². The zero-order chi connectivity index (χ0) is 25.2. The number of benzene rings is 3. The first-order valence-electron chi connectivity index (χ1n) is 10.4. The Morgan fingerprint density at radius 1 is 0.886 bits per heavy atom. The van der Waals surface area contributed by atoms with E-state index in [4.69, 9.17) is 14.2 Å². The van der Waals surface area contributed by atoms with Gasteiger partial charge in [-0.25, -0.2) is 9.18 Å². The summed E-state index contributed by atoms with van der Waals surface area (Å²) < 4.78 is 28.5. The number of carbonyl (C=O) groups excluding carboxylic acids is 3. The molecule has 0 aliphatic carbocycles. The average Bonchev–Trinajstić information content (AvgIpc) is 2.87. The van der Waals surface area contributed by atoms with E-state index in [0.717, 1.165) is 11.8 Å². The molecule has 0 fully saturated rings. The van der Waals surface area contributed by atoms with E-state index in [0.29, 0.717) is 27.8 Å². The van der Waals surface area contributed by atoms with Crippen LogP contribution in [0.15, 0.2) is 71.6 Å². The van der Waals surface area contributed by atoms with E-state index in [2.05, 4.69) is 10.6 Å². The van der Waals surface area contributed by atoms with Gasteiger partial charge in [0.1, 0.15) is 17.3 Å². The zero-order valence-corrected chi connectivity index (χ0v) is 19.8. The Hall–Kier alpha value is -4.05. The van der Waals surface area contributed by atoms with E-state index < -0.39 is 24.3 Å². The highest BCUT2D eigenvalue weighted by molar-refractivity contribution is 8.00. The van der Waals surface area contributed by atoms with Crippen LogP contribution in [-0.4, -0.2) is 44.4 Å². The summed E-state index contributed by atoms with van der Waals surface area (Å²) in [5.41, 5.74) is 1.05. The molecule has 182 valence electrons. The van der Waals surface area contributed by atoms with Gasteiger partial charge in [0.15, 0.2) is 6.61 Å². The van der Waals surface area contributed by atoms with Gasteiger partial charge in [-0.2, -0.15) is 0 Å². The Balaban J connectivity index is 1.56. The van der Waals surface area contributed by atoms with Gasteiger partial charge in [0, 0.05) is 16.6 Å². The number of anilines is 2. The summed E-state index contributed by atoms with van der Waals surface area (Å²) in [5.74, 6) is -1.04. The summed E-state index contributed by atoms with van der Waals surface area (Å²) in [6.07, 6.45) is 0. The minimum atomic E-state index is -0.709. The molecule has 0 atom stereocenters. The molecule has 3 rings (SSSR count). The number of esters is 1. The van der Waals surface area contributed by atoms with Gasteiger partial charge in [-0.1, -0.05) is 12.1 Å². The van der Waals surface area contributed by atoms with Crippen molar-refractivity contribution in [1.29, 1.82) is 0 Å². The number of thioether (sulfide) groups is 1. The van der Waals surface area contributed by atoms with Gasteiger partial charge in [0.2, 0.25) is 5.91 Å². The van der Waals surface area contributed by atoms with Crippen molar-refractivity contribution in [2.24, 2.45) is 0 Å². The molecule has 0 spiro atoms. The van der Waals surface area contributed by atoms with E-state index >= 15 is 0 Å². The predicted octanol–water partition coefficient (Wildman–Crippen LogP) is 4.37. The molecule has 2 N–H and O–H groups in total. The molecule has 3 aromatic carbocycles. The van der Waals surface area contributed by atoms with Crippen LogP contribution in [-0.2, 0) is 14.3 Å². The Morgan fingerprint density at radius 3 is 2.34 bits per heavy atom. The number of nitrogens with one attached hydrogen (secondary N) is 2. The second-order valence-corrected chi connectivity index (χ2v) is 8.05. The Kier molecular flexibility index (Phi) is 9.08. The number of carbonyl (C=O) groups is 3. The molecule has 0 saturated heterocycles. The quantitative estimate of drug-likeness (QED) is 0.316. The fourth-order valence-electron chi connectivity index (χ4n) is 2.94. The second-order valence-electron chi connectivity index (χ2n) is 7.03. The largest absolute Gasteiger partial charge is 0.497 e. The molecule has 0 aliphatic heterocycles.